The van der Waals surface area contributed by atoms with Crippen LogP contribution in [0.15, 0.2) is 30.7 Å². The third-order valence-electron chi connectivity index (χ3n) is 2.65. The number of nitrogens with one attached hydrogen (secondary N) is 2. The molecule has 2 N–H and O–H groups in total. The highest BCUT2D eigenvalue weighted by molar-refractivity contribution is 5.84. The van der Waals surface area contributed by atoms with E-state index in [4.69, 9.17) is 0 Å². The van der Waals surface area contributed by atoms with Crippen LogP contribution in [0.4, 0.5) is 13.2 Å². The van der Waals surface area contributed by atoms with E-state index >= 15 is 0 Å². The zero-order valence-corrected chi connectivity index (χ0v) is 8.92. The molecule has 0 atom stereocenters. The molecule has 0 bridgehead atoms. The molecule has 0 aliphatic heterocycles. The first-order valence-corrected chi connectivity index (χ1v) is 5.10. The lowest BCUT2D eigenvalue weighted by atomic mass is 10.1. The number of hydrogen-bond donors (Lipinski definition) is 2. The van der Waals surface area contributed by atoms with E-state index < -0.39 is 11.7 Å². The quantitative estimate of drug-likeness (QED) is 0.699. The van der Waals surface area contributed by atoms with Gasteiger partial charge in [0.1, 0.15) is 5.65 Å². The summed E-state index contributed by atoms with van der Waals surface area (Å²) in [5, 5.41) is 6.49. The zero-order valence-electron chi connectivity index (χ0n) is 8.92. The van der Waals surface area contributed by atoms with E-state index in [0.717, 1.165) is 6.20 Å². The highest BCUT2D eigenvalue weighted by atomic mass is 19.4. The molecule has 3 heterocycles. The van der Waals surface area contributed by atoms with Gasteiger partial charge in [-0.2, -0.15) is 18.3 Å². The SMILES string of the molecule is FC(F)(F)c1c[nH]c2ncc(-c3ccn[nH]3)cc12. The topological polar surface area (TPSA) is 57.4 Å². The molecule has 0 aliphatic rings. The second-order valence-electron chi connectivity index (χ2n) is 3.79. The Morgan fingerprint density at radius 3 is 2.72 bits per heavy atom. The van der Waals surface area contributed by atoms with Gasteiger partial charge in [-0.15, -0.1) is 0 Å². The number of rotatable bonds is 1. The standard InChI is InChI=1S/C11H7F3N4/c12-11(13,14)8-5-16-10-7(8)3-6(4-15-10)9-1-2-17-18-9/h1-5H,(H,15,16)(H,17,18). The summed E-state index contributed by atoms with van der Waals surface area (Å²) >= 11 is 0. The van der Waals surface area contributed by atoms with Gasteiger partial charge in [0.2, 0.25) is 0 Å². The van der Waals surface area contributed by atoms with E-state index in [0.29, 0.717) is 11.3 Å². The number of nitrogens with zero attached hydrogens (tertiary/aromatic N) is 2. The average Bonchev–Trinajstić information content (AvgIpc) is 2.96. The maximum atomic E-state index is 12.8. The normalized spacial score (nSPS) is 12.2. The summed E-state index contributed by atoms with van der Waals surface area (Å²) in [5.74, 6) is 0. The smallest absolute Gasteiger partial charge is 0.346 e. The lowest BCUT2D eigenvalue weighted by Crippen LogP contribution is -2.03. The fraction of sp³-hybridized carbons (Fsp3) is 0.0909. The number of halogens is 3. The van der Waals surface area contributed by atoms with Crippen molar-refractivity contribution >= 4 is 11.0 Å². The van der Waals surface area contributed by atoms with Crippen LogP contribution in [0.2, 0.25) is 0 Å². The fourth-order valence-electron chi connectivity index (χ4n) is 1.80. The number of hydrogen-bond acceptors (Lipinski definition) is 2. The first kappa shape index (κ1) is 10.8. The molecule has 0 saturated carbocycles. The van der Waals surface area contributed by atoms with E-state index in [-0.39, 0.29) is 11.0 Å². The van der Waals surface area contributed by atoms with E-state index in [2.05, 4.69) is 20.2 Å². The molecule has 0 aliphatic carbocycles. The van der Waals surface area contributed by atoms with Crippen molar-refractivity contribution in [2.24, 2.45) is 0 Å². The van der Waals surface area contributed by atoms with Crippen LogP contribution in [0, 0.1) is 0 Å². The Morgan fingerprint density at radius 2 is 2.06 bits per heavy atom. The minimum absolute atomic E-state index is 0.0506. The molecule has 0 radical (unpaired) electrons. The Morgan fingerprint density at radius 1 is 1.22 bits per heavy atom. The number of aromatic amines is 2. The maximum Gasteiger partial charge on any atom is 0.418 e. The molecule has 0 aromatic carbocycles. The minimum atomic E-state index is -4.40. The lowest BCUT2D eigenvalue weighted by molar-refractivity contribution is -0.136. The van der Waals surface area contributed by atoms with Gasteiger partial charge >= 0.3 is 6.18 Å². The second kappa shape index (κ2) is 3.59. The third kappa shape index (κ3) is 1.64. The predicted molar refractivity (Wildman–Crippen MR) is 58.7 cm³/mol. The monoisotopic (exact) mass is 252 g/mol. The van der Waals surface area contributed by atoms with Crippen LogP contribution < -0.4 is 0 Å². The highest BCUT2D eigenvalue weighted by Gasteiger charge is 2.33. The molecule has 0 spiro atoms. The van der Waals surface area contributed by atoms with Crippen molar-refractivity contribution < 1.29 is 13.2 Å². The summed E-state index contributed by atoms with van der Waals surface area (Å²) in [4.78, 5) is 6.48. The highest BCUT2D eigenvalue weighted by Crippen LogP contribution is 2.35. The summed E-state index contributed by atoms with van der Waals surface area (Å²) in [6.45, 7) is 0. The van der Waals surface area contributed by atoms with Crippen molar-refractivity contribution in [3.63, 3.8) is 0 Å². The van der Waals surface area contributed by atoms with Gasteiger partial charge in [0, 0.05) is 29.5 Å². The van der Waals surface area contributed by atoms with Crippen LogP contribution in [0.1, 0.15) is 5.56 Å². The first-order valence-electron chi connectivity index (χ1n) is 5.10. The van der Waals surface area contributed by atoms with Crippen LogP contribution in [-0.4, -0.2) is 20.2 Å². The number of pyridine rings is 1. The van der Waals surface area contributed by atoms with Gasteiger partial charge in [0.05, 0.1) is 11.3 Å². The van der Waals surface area contributed by atoms with Crippen molar-refractivity contribution in [1.29, 1.82) is 0 Å². The fourth-order valence-corrected chi connectivity index (χ4v) is 1.80. The van der Waals surface area contributed by atoms with E-state index in [1.165, 1.54) is 18.5 Å². The Kier molecular flexibility index (Phi) is 2.16. The Labute approximate surface area is 98.9 Å². The minimum Gasteiger partial charge on any atom is -0.346 e. The van der Waals surface area contributed by atoms with Gasteiger partial charge in [-0.25, -0.2) is 4.98 Å². The van der Waals surface area contributed by atoms with Crippen LogP contribution in [-0.2, 0) is 6.18 Å². The number of alkyl halides is 3. The van der Waals surface area contributed by atoms with Gasteiger partial charge in [0.15, 0.2) is 0 Å². The summed E-state index contributed by atoms with van der Waals surface area (Å²) in [7, 11) is 0. The molecule has 7 heteroatoms. The third-order valence-corrected chi connectivity index (χ3v) is 2.65. The second-order valence-corrected chi connectivity index (χ2v) is 3.79. The van der Waals surface area contributed by atoms with Gasteiger partial charge in [-0.1, -0.05) is 0 Å². The Bertz CT molecular complexity index is 682. The predicted octanol–water partition coefficient (Wildman–Crippen LogP) is 2.97. The maximum absolute atomic E-state index is 12.8. The van der Waals surface area contributed by atoms with E-state index in [1.54, 1.807) is 6.07 Å². The Hall–Kier alpha value is -2.31. The van der Waals surface area contributed by atoms with Gasteiger partial charge in [-0.3, -0.25) is 5.10 Å². The van der Waals surface area contributed by atoms with E-state index in [9.17, 15) is 13.2 Å². The molecule has 3 aromatic rings. The van der Waals surface area contributed by atoms with Crippen molar-refractivity contribution in [2.45, 2.75) is 6.18 Å². The number of fused-ring (bicyclic) bond motifs is 1. The summed E-state index contributed by atoms with van der Waals surface area (Å²) < 4.78 is 38.3. The number of H-pyrrole nitrogens is 2. The number of aromatic nitrogens is 4. The van der Waals surface area contributed by atoms with Gasteiger partial charge in [0.25, 0.3) is 0 Å². The van der Waals surface area contributed by atoms with Crippen LogP contribution >= 0.6 is 0 Å². The van der Waals surface area contributed by atoms with Crippen LogP contribution in [0.5, 0.6) is 0 Å². The summed E-state index contributed by atoms with van der Waals surface area (Å²) in [6, 6.07) is 3.11. The van der Waals surface area contributed by atoms with Crippen LogP contribution in [0.3, 0.4) is 0 Å². The molecular weight excluding hydrogens is 245 g/mol. The van der Waals surface area contributed by atoms with Crippen LogP contribution in [0.25, 0.3) is 22.3 Å². The molecule has 92 valence electrons. The molecule has 0 amide bonds. The van der Waals surface area contributed by atoms with Crippen molar-refractivity contribution in [3.05, 3.63) is 36.3 Å². The van der Waals surface area contributed by atoms with Gasteiger partial charge < -0.3 is 4.98 Å². The zero-order chi connectivity index (χ0) is 12.8. The molecule has 0 unspecified atom stereocenters. The molecule has 3 rings (SSSR count). The first-order chi connectivity index (χ1) is 8.55. The van der Waals surface area contributed by atoms with Gasteiger partial charge in [-0.05, 0) is 12.1 Å². The summed E-state index contributed by atoms with van der Waals surface area (Å²) in [5.41, 5.74) is 0.681. The molecular formula is C11H7F3N4. The molecule has 18 heavy (non-hydrogen) atoms. The lowest BCUT2D eigenvalue weighted by Gasteiger charge is -2.04. The van der Waals surface area contributed by atoms with E-state index in [1.807, 2.05) is 0 Å². The molecule has 3 aromatic heterocycles. The molecule has 0 fully saturated rings. The molecule has 0 saturated heterocycles. The summed E-state index contributed by atoms with van der Waals surface area (Å²) in [6.07, 6.45) is -0.450. The average molecular weight is 252 g/mol. The Balaban J connectivity index is 2.22. The van der Waals surface area contributed by atoms with Crippen molar-refractivity contribution in [2.75, 3.05) is 0 Å². The largest absolute Gasteiger partial charge is 0.418 e. The van der Waals surface area contributed by atoms with Crippen molar-refractivity contribution in [1.82, 2.24) is 20.2 Å². The van der Waals surface area contributed by atoms with Crippen molar-refractivity contribution in [3.8, 4) is 11.3 Å². The molecule has 4 nitrogen and oxygen atoms in total.